The van der Waals surface area contributed by atoms with Gasteiger partial charge in [-0.2, -0.15) is 0 Å². The molecule has 0 aromatic heterocycles. The summed E-state index contributed by atoms with van der Waals surface area (Å²) < 4.78 is 0. The number of allylic oxidation sites excluding steroid dienone is 5. The van der Waals surface area contributed by atoms with Crippen LogP contribution in [0.25, 0.3) is 0 Å². The van der Waals surface area contributed by atoms with E-state index in [0.717, 1.165) is 12.3 Å². The molecule has 4 aliphatic carbocycles. The van der Waals surface area contributed by atoms with E-state index in [9.17, 15) is 10.2 Å². The number of hydrogen-bond acceptors (Lipinski definition) is 2. The summed E-state index contributed by atoms with van der Waals surface area (Å²) in [5.74, 6) is 3.80. The molecule has 0 aliphatic heterocycles. The third-order valence-electron chi connectivity index (χ3n) is 10.1. The van der Waals surface area contributed by atoms with Gasteiger partial charge in [0.05, 0.1) is 12.2 Å². The maximum Gasteiger partial charge on any atom is 0.0661 e. The molecule has 3 fully saturated rings. The highest BCUT2D eigenvalue weighted by molar-refractivity contribution is 5.40. The number of aliphatic hydroxyl groups excluding tert-OH is 2. The number of rotatable bonds is 4. The minimum atomic E-state index is -0.429. The van der Waals surface area contributed by atoms with Gasteiger partial charge in [0.1, 0.15) is 0 Å². The molecule has 2 nitrogen and oxygen atoms in total. The zero-order valence-corrected chi connectivity index (χ0v) is 20.1. The summed E-state index contributed by atoms with van der Waals surface area (Å²) in [6.45, 7) is 14.2. The smallest absolute Gasteiger partial charge is 0.0661 e. The minimum absolute atomic E-state index is 0.180. The molecule has 2 heteroatoms. The lowest BCUT2D eigenvalue weighted by Gasteiger charge is -2.56. The van der Waals surface area contributed by atoms with Gasteiger partial charge in [0.25, 0.3) is 0 Å². The van der Waals surface area contributed by atoms with Crippen LogP contribution in [-0.4, -0.2) is 22.4 Å². The van der Waals surface area contributed by atoms with Crippen molar-refractivity contribution in [2.24, 2.45) is 46.3 Å². The topological polar surface area (TPSA) is 40.5 Å². The largest absolute Gasteiger partial charge is 0.393 e. The van der Waals surface area contributed by atoms with Gasteiger partial charge in [0.2, 0.25) is 0 Å². The molecule has 30 heavy (non-hydrogen) atoms. The van der Waals surface area contributed by atoms with Crippen LogP contribution >= 0.6 is 0 Å². The monoisotopic (exact) mass is 412 g/mol. The Kier molecular flexibility index (Phi) is 5.90. The van der Waals surface area contributed by atoms with Crippen LogP contribution in [0.2, 0.25) is 0 Å². The Morgan fingerprint density at radius 1 is 0.967 bits per heavy atom. The first-order valence-electron chi connectivity index (χ1n) is 12.5. The standard InChI is InChI=1S/C28H44O2/c1-17(2)18(3)7-8-19(4)23-11-12-24-22-10-9-20-15-21(29)16-26(30)28(20,6)25(22)13-14-27(23,24)5/h7-10,17-19,21,23-26,29-30H,11-16H2,1-6H3/t18-,19+,21+,23+,24-,25+,26?,27+,28+/m0/s1. The van der Waals surface area contributed by atoms with E-state index in [1.54, 1.807) is 5.57 Å². The first-order valence-corrected chi connectivity index (χ1v) is 12.5. The van der Waals surface area contributed by atoms with Crippen LogP contribution in [0, 0.1) is 46.3 Å². The number of fused-ring (bicyclic) bond motifs is 5. The molecule has 0 spiro atoms. The van der Waals surface area contributed by atoms with Crippen LogP contribution in [0.3, 0.4) is 0 Å². The van der Waals surface area contributed by atoms with Gasteiger partial charge in [-0.25, -0.2) is 0 Å². The van der Waals surface area contributed by atoms with Crippen LogP contribution in [0.4, 0.5) is 0 Å². The second-order valence-electron chi connectivity index (χ2n) is 11.9. The van der Waals surface area contributed by atoms with E-state index in [2.05, 4.69) is 65.8 Å². The molecular formula is C28H44O2. The van der Waals surface area contributed by atoms with E-state index in [1.807, 2.05) is 0 Å². The molecule has 168 valence electrons. The SMILES string of the molecule is CC(C)[C@@H](C)C=C[C@@H](C)[C@H]1CC[C@H]2C3=CC=C4C[C@@H](O)CC(O)[C@@]4(C)[C@@H]3CC[C@]12C. The van der Waals surface area contributed by atoms with Crippen molar-refractivity contribution in [2.75, 3.05) is 0 Å². The molecular weight excluding hydrogens is 368 g/mol. The molecule has 0 radical (unpaired) electrons. The summed E-state index contributed by atoms with van der Waals surface area (Å²) in [5.41, 5.74) is 3.08. The first-order chi connectivity index (χ1) is 14.1. The van der Waals surface area contributed by atoms with Crippen LogP contribution in [0.15, 0.2) is 35.5 Å². The molecule has 4 aliphatic rings. The van der Waals surface area contributed by atoms with Crippen molar-refractivity contribution in [1.82, 2.24) is 0 Å². The third-order valence-corrected chi connectivity index (χ3v) is 10.1. The second kappa shape index (κ2) is 7.93. The first kappa shape index (κ1) is 22.3. The van der Waals surface area contributed by atoms with Crippen molar-refractivity contribution in [3.63, 3.8) is 0 Å². The Bertz CT molecular complexity index is 746. The van der Waals surface area contributed by atoms with E-state index in [1.165, 1.54) is 31.3 Å². The average Bonchev–Trinajstić information content (AvgIpc) is 3.04. The number of hydrogen-bond donors (Lipinski definition) is 2. The molecule has 0 aromatic carbocycles. The fourth-order valence-corrected chi connectivity index (χ4v) is 7.66. The lowest BCUT2D eigenvalue weighted by molar-refractivity contribution is -0.0537. The Morgan fingerprint density at radius 3 is 2.40 bits per heavy atom. The second-order valence-corrected chi connectivity index (χ2v) is 11.9. The van der Waals surface area contributed by atoms with Gasteiger partial charge in [0, 0.05) is 11.8 Å². The third kappa shape index (κ3) is 3.37. The van der Waals surface area contributed by atoms with Gasteiger partial charge < -0.3 is 10.2 Å². The van der Waals surface area contributed by atoms with Crippen molar-refractivity contribution in [3.8, 4) is 0 Å². The molecule has 0 aromatic rings. The zero-order valence-electron chi connectivity index (χ0n) is 20.1. The van der Waals surface area contributed by atoms with Gasteiger partial charge >= 0.3 is 0 Å². The lowest BCUT2D eigenvalue weighted by atomic mass is 9.49. The summed E-state index contributed by atoms with van der Waals surface area (Å²) in [6.07, 6.45) is 15.1. The highest BCUT2D eigenvalue weighted by Crippen LogP contribution is 2.66. The number of aliphatic hydroxyl groups is 2. The van der Waals surface area contributed by atoms with Crippen LogP contribution in [-0.2, 0) is 0 Å². The van der Waals surface area contributed by atoms with E-state index in [0.29, 0.717) is 41.4 Å². The molecule has 0 bridgehead atoms. The maximum absolute atomic E-state index is 11.0. The fourth-order valence-electron chi connectivity index (χ4n) is 7.66. The highest BCUT2D eigenvalue weighted by atomic mass is 16.3. The molecule has 4 rings (SSSR count). The molecule has 0 saturated heterocycles. The summed E-state index contributed by atoms with van der Waals surface area (Å²) in [6, 6.07) is 0. The van der Waals surface area contributed by atoms with E-state index in [-0.39, 0.29) is 11.5 Å². The van der Waals surface area contributed by atoms with Crippen molar-refractivity contribution in [2.45, 2.75) is 92.3 Å². The molecule has 2 N–H and O–H groups in total. The Labute approximate surface area is 184 Å². The van der Waals surface area contributed by atoms with E-state index in [4.69, 9.17) is 0 Å². The molecule has 0 heterocycles. The molecule has 1 unspecified atom stereocenters. The van der Waals surface area contributed by atoms with Crippen molar-refractivity contribution in [1.29, 1.82) is 0 Å². The predicted octanol–water partition coefficient (Wildman–Crippen LogP) is 6.30. The van der Waals surface area contributed by atoms with E-state index >= 15 is 0 Å². The summed E-state index contributed by atoms with van der Waals surface area (Å²) in [5, 5.41) is 21.3. The molecule has 9 atom stereocenters. The Balaban J connectivity index is 1.59. The minimum Gasteiger partial charge on any atom is -0.393 e. The highest BCUT2D eigenvalue weighted by Gasteiger charge is 2.58. The predicted molar refractivity (Wildman–Crippen MR) is 125 cm³/mol. The Hall–Kier alpha value is -0.860. The van der Waals surface area contributed by atoms with Crippen molar-refractivity contribution >= 4 is 0 Å². The van der Waals surface area contributed by atoms with Gasteiger partial charge in [-0.05, 0) is 73.0 Å². The van der Waals surface area contributed by atoms with Crippen molar-refractivity contribution < 1.29 is 10.2 Å². The lowest BCUT2D eigenvalue weighted by Crippen LogP contribution is -2.52. The van der Waals surface area contributed by atoms with Gasteiger partial charge in [0.15, 0.2) is 0 Å². The normalized spacial score (nSPS) is 45.4. The van der Waals surface area contributed by atoms with Gasteiger partial charge in [-0.1, -0.05) is 77.0 Å². The van der Waals surface area contributed by atoms with Crippen molar-refractivity contribution in [3.05, 3.63) is 35.5 Å². The Morgan fingerprint density at radius 2 is 1.70 bits per heavy atom. The fraction of sp³-hybridized carbons (Fsp3) is 0.786. The van der Waals surface area contributed by atoms with Crippen LogP contribution < -0.4 is 0 Å². The van der Waals surface area contributed by atoms with Gasteiger partial charge in [-0.3, -0.25) is 0 Å². The van der Waals surface area contributed by atoms with Gasteiger partial charge in [-0.15, -0.1) is 0 Å². The summed E-state index contributed by atoms with van der Waals surface area (Å²) in [4.78, 5) is 0. The maximum atomic E-state index is 11.0. The summed E-state index contributed by atoms with van der Waals surface area (Å²) in [7, 11) is 0. The molecule has 0 amide bonds. The van der Waals surface area contributed by atoms with Crippen LogP contribution in [0.1, 0.15) is 80.1 Å². The zero-order chi connectivity index (χ0) is 21.8. The quantitative estimate of drug-likeness (QED) is 0.532. The average molecular weight is 413 g/mol. The molecule has 3 saturated carbocycles. The summed E-state index contributed by atoms with van der Waals surface area (Å²) >= 11 is 0. The van der Waals surface area contributed by atoms with Crippen LogP contribution in [0.5, 0.6) is 0 Å². The van der Waals surface area contributed by atoms with E-state index < -0.39 is 6.10 Å².